The third kappa shape index (κ3) is 2.92. The van der Waals surface area contributed by atoms with Crippen molar-refractivity contribution in [2.45, 2.75) is 18.4 Å². The van der Waals surface area contributed by atoms with Crippen molar-refractivity contribution in [1.29, 1.82) is 0 Å². The van der Waals surface area contributed by atoms with Crippen LogP contribution in [0.25, 0.3) is 0 Å². The minimum Gasteiger partial charge on any atom is -0.497 e. The van der Waals surface area contributed by atoms with Crippen molar-refractivity contribution in [3.63, 3.8) is 0 Å². The second kappa shape index (κ2) is 6.49. The minimum absolute atomic E-state index is 0.0196. The first kappa shape index (κ1) is 16.3. The first-order valence-electron chi connectivity index (χ1n) is 7.70. The van der Waals surface area contributed by atoms with E-state index in [1.165, 1.54) is 25.3 Å². The number of ether oxygens (including phenoxy) is 1. The molecule has 0 heterocycles. The zero-order valence-electron chi connectivity index (χ0n) is 13.3. The predicted molar refractivity (Wildman–Crippen MR) is 88.6 cm³/mol. The fourth-order valence-electron chi connectivity index (χ4n) is 3.12. The maximum atomic E-state index is 13.8. The van der Waals surface area contributed by atoms with Crippen LogP contribution in [0, 0.1) is 5.82 Å². The van der Waals surface area contributed by atoms with Gasteiger partial charge in [0.2, 0.25) is 0 Å². The number of rotatable bonds is 4. The summed E-state index contributed by atoms with van der Waals surface area (Å²) in [7, 11) is 1.47. The Kier molecular flexibility index (Phi) is 4.40. The molecular formula is C18H19FN2O3. The van der Waals surface area contributed by atoms with Gasteiger partial charge in [-0.1, -0.05) is 24.3 Å². The summed E-state index contributed by atoms with van der Waals surface area (Å²) >= 11 is 0. The van der Waals surface area contributed by atoms with Gasteiger partial charge in [0.15, 0.2) is 0 Å². The maximum absolute atomic E-state index is 13.8. The standard InChI is InChI=1S/C18H19FN2O3/c1-24-13-6-7-15(19)16(10-13)20-17(23)21-18(11-22)9-8-12-4-2-3-5-14(12)18/h2-7,10,22H,8-9,11H2,1H3,(H2,20,21,23). The number of methoxy groups -OCH3 is 1. The van der Waals surface area contributed by atoms with Crippen LogP contribution in [0.5, 0.6) is 5.75 Å². The highest BCUT2D eigenvalue weighted by Gasteiger charge is 2.39. The van der Waals surface area contributed by atoms with E-state index in [-0.39, 0.29) is 12.3 Å². The molecule has 2 aromatic rings. The zero-order chi connectivity index (χ0) is 17.2. The molecule has 0 aliphatic heterocycles. The Bertz CT molecular complexity index is 766. The Balaban J connectivity index is 1.80. The van der Waals surface area contributed by atoms with Crippen LogP contribution in [0.1, 0.15) is 17.5 Å². The number of fused-ring (bicyclic) bond motifs is 1. The molecule has 5 nitrogen and oxygen atoms in total. The molecule has 1 atom stereocenters. The van der Waals surface area contributed by atoms with Gasteiger partial charge in [-0.15, -0.1) is 0 Å². The highest BCUT2D eigenvalue weighted by Crippen LogP contribution is 2.36. The molecule has 24 heavy (non-hydrogen) atoms. The van der Waals surface area contributed by atoms with E-state index in [0.717, 1.165) is 17.5 Å². The van der Waals surface area contributed by atoms with Crippen molar-refractivity contribution >= 4 is 11.7 Å². The largest absolute Gasteiger partial charge is 0.497 e. The summed E-state index contributed by atoms with van der Waals surface area (Å²) in [5.74, 6) is -0.120. The van der Waals surface area contributed by atoms with Crippen molar-refractivity contribution in [2.24, 2.45) is 0 Å². The molecule has 3 rings (SSSR count). The lowest BCUT2D eigenvalue weighted by Gasteiger charge is -2.29. The van der Waals surface area contributed by atoms with Crippen LogP contribution in [-0.2, 0) is 12.0 Å². The van der Waals surface area contributed by atoms with Crippen LogP contribution >= 0.6 is 0 Å². The fraction of sp³-hybridized carbons (Fsp3) is 0.278. The van der Waals surface area contributed by atoms with Crippen LogP contribution in [0.3, 0.4) is 0 Å². The second-order valence-corrected chi connectivity index (χ2v) is 5.82. The number of benzene rings is 2. The van der Waals surface area contributed by atoms with Crippen molar-refractivity contribution in [2.75, 3.05) is 19.0 Å². The number of urea groups is 1. The van der Waals surface area contributed by atoms with E-state index in [4.69, 9.17) is 4.74 Å². The summed E-state index contributed by atoms with van der Waals surface area (Å²) in [4.78, 5) is 12.4. The Morgan fingerprint density at radius 3 is 2.88 bits per heavy atom. The molecular weight excluding hydrogens is 311 g/mol. The highest BCUT2D eigenvalue weighted by atomic mass is 19.1. The average molecular weight is 330 g/mol. The summed E-state index contributed by atoms with van der Waals surface area (Å²) < 4.78 is 18.9. The number of anilines is 1. The molecule has 0 bridgehead atoms. The van der Waals surface area contributed by atoms with Crippen LogP contribution in [0.2, 0.25) is 0 Å². The van der Waals surface area contributed by atoms with Gasteiger partial charge in [-0.3, -0.25) is 0 Å². The lowest BCUT2D eigenvalue weighted by atomic mass is 9.93. The van der Waals surface area contributed by atoms with Crippen molar-refractivity contribution in [3.8, 4) is 5.75 Å². The minimum atomic E-state index is -0.851. The van der Waals surface area contributed by atoms with Gasteiger partial charge in [0.05, 0.1) is 24.9 Å². The SMILES string of the molecule is COc1ccc(F)c(NC(=O)NC2(CO)CCc3ccccc32)c1. The molecule has 1 aliphatic rings. The Labute approximate surface area is 139 Å². The molecule has 2 amide bonds. The topological polar surface area (TPSA) is 70.6 Å². The molecule has 0 saturated carbocycles. The second-order valence-electron chi connectivity index (χ2n) is 5.82. The van der Waals surface area contributed by atoms with E-state index in [9.17, 15) is 14.3 Å². The van der Waals surface area contributed by atoms with Gasteiger partial charge in [-0.2, -0.15) is 0 Å². The summed E-state index contributed by atoms with van der Waals surface area (Å²) in [6, 6.07) is 11.2. The van der Waals surface area contributed by atoms with Crippen LogP contribution in [0.4, 0.5) is 14.9 Å². The molecule has 1 aliphatic carbocycles. The predicted octanol–water partition coefficient (Wildman–Crippen LogP) is 2.79. The Morgan fingerprint density at radius 2 is 2.12 bits per heavy atom. The Morgan fingerprint density at radius 1 is 1.33 bits per heavy atom. The van der Waals surface area contributed by atoms with Crippen LogP contribution in [0.15, 0.2) is 42.5 Å². The molecule has 126 valence electrons. The number of carbonyl (C=O) groups is 1. The number of hydrogen-bond acceptors (Lipinski definition) is 3. The van der Waals surface area contributed by atoms with E-state index in [0.29, 0.717) is 12.2 Å². The van der Waals surface area contributed by atoms with Crippen LogP contribution < -0.4 is 15.4 Å². The molecule has 0 radical (unpaired) electrons. The monoisotopic (exact) mass is 330 g/mol. The summed E-state index contributed by atoms with van der Waals surface area (Å²) in [6.07, 6.45) is 1.36. The van der Waals surface area contributed by atoms with Crippen molar-refractivity contribution in [3.05, 3.63) is 59.4 Å². The quantitative estimate of drug-likeness (QED) is 0.807. The van der Waals surface area contributed by atoms with Crippen LogP contribution in [-0.4, -0.2) is 24.9 Å². The Hall–Kier alpha value is -2.60. The number of hydrogen-bond donors (Lipinski definition) is 3. The van der Waals surface area contributed by atoms with Crippen molar-refractivity contribution in [1.82, 2.24) is 5.32 Å². The number of amides is 2. The van der Waals surface area contributed by atoms with Gasteiger partial charge in [0, 0.05) is 6.07 Å². The zero-order valence-corrected chi connectivity index (χ0v) is 13.3. The summed E-state index contributed by atoms with van der Waals surface area (Å²) in [6.45, 7) is -0.224. The molecule has 0 spiro atoms. The van der Waals surface area contributed by atoms with E-state index < -0.39 is 17.4 Å². The molecule has 6 heteroatoms. The lowest BCUT2D eigenvalue weighted by Crippen LogP contribution is -2.49. The smallest absolute Gasteiger partial charge is 0.320 e. The number of halogens is 1. The molecule has 2 aromatic carbocycles. The molecule has 0 aromatic heterocycles. The van der Waals surface area contributed by atoms with E-state index in [1.807, 2.05) is 24.3 Å². The molecule has 0 fully saturated rings. The van der Waals surface area contributed by atoms with E-state index in [1.54, 1.807) is 0 Å². The summed E-state index contributed by atoms with van der Waals surface area (Å²) in [5, 5.41) is 15.2. The number of nitrogens with one attached hydrogen (secondary N) is 2. The number of aliphatic hydroxyl groups is 1. The molecule has 0 saturated heterocycles. The van der Waals surface area contributed by atoms with Gasteiger partial charge < -0.3 is 20.5 Å². The number of aryl methyl sites for hydroxylation is 1. The number of aliphatic hydroxyl groups excluding tert-OH is 1. The average Bonchev–Trinajstić information content (AvgIpc) is 2.96. The highest BCUT2D eigenvalue weighted by molar-refractivity contribution is 5.90. The first-order chi connectivity index (χ1) is 11.6. The molecule has 1 unspecified atom stereocenters. The van der Waals surface area contributed by atoms with E-state index >= 15 is 0 Å². The lowest BCUT2D eigenvalue weighted by molar-refractivity contribution is 0.164. The third-order valence-corrected chi connectivity index (χ3v) is 4.40. The van der Waals surface area contributed by atoms with Gasteiger partial charge in [-0.05, 0) is 36.1 Å². The summed E-state index contributed by atoms with van der Waals surface area (Å²) in [5.41, 5.74) is 1.16. The first-order valence-corrected chi connectivity index (χ1v) is 7.70. The third-order valence-electron chi connectivity index (χ3n) is 4.40. The normalized spacial score (nSPS) is 18.8. The van der Waals surface area contributed by atoms with Gasteiger partial charge in [0.25, 0.3) is 0 Å². The van der Waals surface area contributed by atoms with Crippen molar-refractivity contribution < 1.29 is 19.0 Å². The van der Waals surface area contributed by atoms with Gasteiger partial charge in [0.1, 0.15) is 11.6 Å². The maximum Gasteiger partial charge on any atom is 0.320 e. The molecule has 3 N–H and O–H groups in total. The number of carbonyl (C=O) groups excluding carboxylic acids is 1. The van der Waals surface area contributed by atoms with Gasteiger partial charge >= 0.3 is 6.03 Å². The fourth-order valence-corrected chi connectivity index (χ4v) is 3.12. The van der Waals surface area contributed by atoms with E-state index in [2.05, 4.69) is 10.6 Å². The van der Waals surface area contributed by atoms with Gasteiger partial charge in [-0.25, -0.2) is 9.18 Å².